The number of hydrogen-bond donors (Lipinski definition) is 1. The Morgan fingerprint density at radius 2 is 1.43 bits per heavy atom. The molecule has 0 heterocycles. The van der Waals surface area contributed by atoms with Gasteiger partial charge in [0.25, 0.3) is 0 Å². The molecule has 0 radical (unpaired) electrons. The number of anilines is 1. The van der Waals surface area contributed by atoms with Gasteiger partial charge in [-0.3, -0.25) is 0 Å². The summed E-state index contributed by atoms with van der Waals surface area (Å²) in [5, 5.41) is 3.67. The van der Waals surface area contributed by atoms with Gasteiger partial charge >= 0.3 is 0 Å². The third kappa shape index (κ3) is 4.10. The number of benzene rings is 2. The Bertz CT molecular complexity index is 543. The Morgan fingerprint density at radius 1 is 0.810 bits per heavy atom. The fourth-order valence-corrected chi connectivity index (χ4v) is 2.82. The van der Waals surface area contributed by atoms with Crippen molar-refractivity contribution in [2.45, 2.75) is 39.5 Å². The van der Waals surface area contributed by atoms with Crippen molar-refractivity contribution in [3.8, 4) is 0 Å². The first-order chi connectivity index (χ1) is 10.1. The molecular weight excluding hydrogens is 254 g/mol. The van der Waals surface area contributed by atoms with Crippen LogP contribution < -0.4 is 5.32 Å². The van der Waals surface area contributed by atoms with E-state index in [4.69, 9.17) is 0 Å². The lowest BCUT2D eigenvalue weighted by molar-refractivity contribution is 0.517. The third-order valence-electron chi connectivity index (χ3n) is 4.13. The highest BCUT2D eigenvalue weighted by Crippen LogP contribution is 2.28. The Balaban J connectivity index is 2.13. The highest BCUT2D eigenvalue weighted by Gasteiger charge is 2.16. The lowest BCUT2D eigenvalue weighted by Gasteiger charge is -2.24. The zero-order valence-electron chi connectivity index (χ0n) is 13.6. The van der Waals surface area contributed by atoms with E-state index in [-0.39, 0.29) is 0 Å². The lowest BCUT2D eigenvalue weighted by Crippen LogP contribution is -2.18. The summed E-state index contributed by atoms with van der Waals surface area (Å²) < 4.78 is 0. The molecule has 0 aliphatic heterocycles. The SMILES string of the molecule is CC(C)c1ccccc1NCC(c1ccccc1)C(C)C. The van der Waals surface area contributed by atoms with Gasteiger partial charge in [-0.05, 0) is 29.0 Å². The molecule has 0 aliphatic carbocycles. The average molecular weight is 281 g/mol. The van der Waals surface area contributed by atoms with E-state index in [1.54, 1.807) is 0 Å². The van der Waals surface area contributed by atoms with Crippen LogP contribution in [-0.4, -0.2) is 6.54 Å². The maximum Gasteiger partial charge on any atom is 0.0375 e. The molecule has 0 saturated heterocycles. The Kier molecular flexibility index (Phi) is 5.44. The standard InChI is InChI=1S/C20H27N/c1-15(2)18-12-8-9-13-20(18)21-14-19(16(3)4)17-10-6-5-7-11-17/h5-13,15-16,19,21H,14H2,1-4H3. The number of rotatable bonds is 6. The summed E-state index contributed by atoms with van der Waals surface area (Å²) in [5.41, 5.74) is 4.09. The van der Waals surface area contributed by atoms with Gasteiger partial charge < -0.3 is 5.32 Å². The van der Waals surface area contributed by atoms with E-state index >= 15 is 0 Å². The number of para-hydroxylation sites is 1. The minimum atomic E-state index is 0.534. The quantitative estimate of drug-likeness (QED) is 0.720. The van der Waals surface area contributed by atoms with Crippen LogP contribution in [0.1, 0.15) is 50.7 Å². The fourth-order valence-electron chi connectivity index (χ4n) is 2.82. The smallest absolute Gasteiger partial charge is 0.0375 e. The molecule has 1 unspecified atom stereocenters. The van der Waals surface area contributed by atoms with Gasteiger partial charge in [0.2, 0.25) is 0 Å². The molecule has 0 aromatic heterocycles. The molecule has 0 fully saturated rings. The van der Waals surface area contributed by atoms with Crippen molar-refractivity contribution in [3.63, 3.8) is 0 Å². The van der Waals surface area contributed by atoms with Crippen LogP contribution in [0.3, 0.4) is 0 Å². The summed E-state index contributed by atoms with van der Waals surface area (Å²) in [4.78, 5) is 0. The van der Waals surface area contributed by atoms with Gasteiger partial charge in [-0.1, -0.05) is 76.2 Å². The van der Waals surface area contributed by atoms with Crippen LogP contribution in [0.4, 0.5) is 5.69 Å². The zero-order valence-corrected chi connectivity index (χ0v) is 13.6. The van der Waals surface area contributed by atoms with Crippen molar-refractivity contribution in [2.75, 3.05) is 11.9 Å². The van der Waals surface area contributed by atoms with Crippen LogP contribution in [0.2, 0.25) is 0 Å². The predicted molar refractivity (Wildman–Crippen MR) is 93.0 cm³/mol. The zero-order chi connectivity index (χ0) is 15.2. The van der Waals surface area contributed by atoms with Crippen molar-refractivity contribution >= 4 is 5.69 Å². The van der Waals surface area contributed by atoms with Gasteiger partial charge in [-0.25, -0.2) is 0 Å². The molecule has 2 aromatic carbocycles. The van der Waals surface area contributed by atoms with E-state index in [2.05, 4.69) is 87.6 Å². The van der Waals surface area contributed by atoms with Crippen molar-refractivity contribution < 1.29 is 0 Å². The summed E-state index contributed by atoms with van der Waals surface area (Å²) in [6, 6.07) is 19.5. The molecule has 1 N–H and O–H groups in total. The Hall–Kier alpha value is -1.76. The normalized spacial score (nSPS) is 12.7. The minimum Gasteiger partial charge on any atom is -0.384 e. The second-order valence-electron chi connectivity index (χ2n) is 6.38. The van der Waals surface area contributed by atoms with Gasteiger partial charge in [0.1, 0.15) is 0 Å². The summed E-state index contributed by atoms with van der Waals surface area (Å²) >= 11 is 0. The molecule has 0 spiro atoms. The second kappa shape index (κ2) is 7.31. The van der Waals surface area contributed by atoms with E-state index in [1.807, 2.05) is 0 Å². The fraction of sp³-hybridized carbons (Fsp3) is 0.400. The molecule has 112 valence electrons. The largest absolute Gasteiger partial charge is 0.384 e. The molecule has 0 amide bonds. The van der Waals surface area contributed by atoms with Crippen LogP contribution in [-0.2, 0) is 0 Å². The average Bonchev–Trinajstić information content (AvgIpc) is 2.48. The van der Waals surface area contributed by atoms with E-state index in [0.29, 0.717) is 17.8 Å². The molecule has 0 bridgehead atoms. The van der Waals surface area contributed by atoms with Gasteiger partial charge in [0, 0.05) is 18.2 Å². The highest BCUT2D eigenvalue weighted by atomic mass is 14.9. The maximum absolute atomic E-state index is 3.67. The van der Waals surface area contributed by atoms with Crippen LogP contribution in [0.15, 0.2) is 54.6 Å². The van der Waals surface area contributed by atoms with Crippen molar-refractivity contribution in [2.24, 2.45) is 5.92 Å². The molecule has 21 heavy (non-hydrogen) atoms. The van der Waals surface area contributed by atoms with Crippen LogP contribution >= 0.6 is 0 Å². The summed E-state index contributed by atoms with van der Waals surface area (Å²) in [7, 11) is 0. The molecule has 0 aliphatic rings. The first-order valence-electron chi connectivity index (χ1n) is 7.97. The molecule has 2 aromatic rings. The third-order valence-corrected chi connectivity index (χ3v) is 4.13. The minimum absolute atomic E-state index is 0.534. The second-order valence-corrected chi connectivity index (χ2v) is 6.38. The first kappa shape index (κ1) is 15.6. The predicted octanol–water partition coefficient (Wildman–Crippen LogP) is 5.66. The highest BCUT2D eigenvalue weighted by molar-refractivity contribution is 5.52. The molecule has 1 atom stereocenters. The summed E-state index contributed by atoms with van der Waals surface area (Å²) in [6.07, 6.45) is 0. The first-order valence-corrected chi connectivity index (χ1v) is 7.97. The van der Waals surface area contributed by atoms with Gasteiger partial charge in [0.05, 0.1) is 0 Å². The molecular formula is C20H27N. The van der Waals surface area contributed by atoms with Crippen molar-refractivity contribution in [1.29, 1.82) is 0 Å². The van der Waals surface area contributed by atoms with Gasteiger partial charge in [-0.2, -0.15) is 0 Å². The summed E-state index contributed by atoms with van der Waals surface area (Å²) in [6.45, 7) is 10.1. The van der Waals surface area contributed by atoms with Crippen LogP contribution in [0, 0.1) is 5.92 Å². The van der Waals surface area contributed by atoms with Gasteiger partial charge in [0.15, 0.2) is 0 Å². The maximum atomic E-state index is 3.67. The lowest BCUT2D eigenvalue weighted by atomic mass is 9.88. The van der Waals surface area contributed by atoms with Gasteiger partial charge in [-0.15, -0.1) is 0 Å². The van der Waals surface area contributed by atoms with E-state index < -0.39 is 0 Å². The molecule has 0 saturated carbocycles. The molecule has 2 rings (SSSR count). The summed E-state index contributed by atoms with van der Waals surface area (Å²) in [5.74, 6) is 1.69. The van der Waals surface area contributed by atoms with Crippen molar-refractivity contribution in [3.05, 3.63) is 65.7 Å². The number of nitrogens with one attached hydrogen (secondary N) is 1. The van der Waals surface area contributed by atoms with Crippen LogP contribution in [0.5, 0.6) is 0 Å². The monoisotopic (exact) mass is 281 g/mol. The molecule has 1 nitrogen and oxygen atoms in total. The van der Waals surface area contributed by atoms with E-state index in [0.717, 1.165) is 6.54 Å². The number of hydrogen-bond acceptors (Lipinski definition) is 1. The van der Waals surface area contributed by atoms with E-state index in [9.17, 15) is 0 Å². The van der Waals surface area contributed by atoms with Crippen molar-refractivity contribution in [1.82, 2.24) is 0 Å². The van der Waals surface area contributed by atoms with E-state index in [1.165, 1.54) is 16.8 Å². The Morgan fingerprint density at radius 3 is 2.05 bits per heavy atom. The molecule has 1 heteroatoms. The topological polar surface area (TPSA) is 12.0 Å². The Labute approximate surface area is 129 Å². The van der Waals surface area contributed by atoms with Crippen LogP contribution in [0.25, 0.3) is 0 Å².